The van der Waals surface area contributed by atoms with Gasteiger partial charge in [0.1, 0.15) is 19.3 Å². The van der Waals surface area contributed by atoms with Crippen LogP contribution in [0.2, 0.25) is 0 Å². The maximum Gasteiger partial charge on any atom is 0.472 e. The van der Waals surface area contributed by atoms with Gasteiger partial charge in [-0.25, -0.2) is 9.13 Å². The van der Waals surface area contributed by atoms with Crippen LogP contribution in [0.1, 0.15) is 319 Å². The molecule has 85 heavy (non-hydrogen) atoms. The first-order chi connectivity index (χ1) is 40.6. The molecule has 0 aromatic heterocycles. The molecule has 0 amide bonds. The zero-order valence-corrected chi connectivity index (χ0v) is 57.0. The molecule has 3 unspecified atom stereocenters. The Hall–Kier alpha value is -1.94. The summed E-state index contributed by atoms with van der Waals surface area (Å²) in [5.74, 6) is 0.744. The van der Waals surface area contributed by atoms with Gasteiger partial charge in [-0.2, -0.15) is 0 Å². The van der Waals surface area contributed by atoms with Crippen LogP contribution in [-0.2, 0) is 65.4 Å². The summed E-state index contributed by atoms with van der Waals surface area (Å²) in [7, 11) is -9.89. The Kier molecular flexibility index (Phi) is 54.8. The Bertz CT molecular complexity index is 1700. The second-order valence-corrected chi connectivity index (χ2v) is 28.7. The minimum Gasteiger partial charge on any atom is -0.462 e. The third-order valence-corrected chi connectivity index (χ3v) is 17.0. The van der Waals surface area contributed by atoms with E-state index in [0.717, 1.165) is 108 Å². The SMILES string of the molecule is CC(C)CCCCCCCCCCCCCC(=O)OC[C@H](COP(=O)(O)OCC(O)COP(=O)(O)OC[C@@H](COC(=O)CCCCCCCCCCC(C)C)OC(=O)CCCCCCCCCCC(C)C)OC(=O)CCCCCCCCC(C)C. The van der Waals surface area contributed by atoms with E-state index in [4.69, 9.17) is 37.0 Å². The van der Waals surface area contributed by atoms with Gasteiger partial charge in [0.05, 0.1) is 26.4 Å². The van der Waals surface area contributed by atoms with Crippen molar-refractivity contribution in [1.29, 1.82) is 0 Å². The number of hydrogen-bond donors (Lipinski definition) is 3. The number of carbonyl (C=O) groups excluding carboxylic acids is 4. The normalized spacial score (nSPS) is 14.4. The third-order valence-electron chi connectivity index (χ3n) is 15.1. The van der Waals surface area contributed by atoms with Crippen molar-refractivity contribution in [2.75, 3.05) is 39.6 Å². The second kappa shape index (κ2) is 56.1. The molecule has 17 nitrogen and oxygen atoms in total. The van der Waals surface area contributed by atoms with Crippen LogP contribution in [0.25, 0.3) is 0 Å². The number of phosphoric ester groups is 2. The van der Waals surface area contributed by atoms with Crippen LogP contribution in [0.5, 0.6) is 0 Å². The Morgan fingerprint density at radius 1 is 0.294 bits per heavy atom. The van der Waals surface area contributed by atoms with Crippen LogP contribution in [-0.4, -0.2) is 96.7 Å². The lowest BCUT2D eigenvalue weighted by atomic mass is 10.0. The molecule has 5 atom stereocenters. The van der Waals surface area contributed by atoms with E-state index in [1.165, 1.54) is 122 Å². The fraction of sp³-hybridized carbons (Fsp3) is 0.939. The molecule has 3 N–H and O–H groups in total. The summed E-state index contributed by atoms with van der Waals surface area (Å²) in [5.41, 5.74) is 0. The van der Waals surface area contributed by atoms with Crippen molar-refractivity contribution in [2.45, 2.75) is 337 Å². The highest BCUT2D eigenvalue weighted by molar-refractivity contribution is 7.47. The number of hydrogen-bond acceptors (Lipinski definition) is 15. The molecule has 504 valence electrons. The summed E-state index contributed by atoms with van der Waals surface area (Å²) in [5, 5.41) is 10.5. The number of esters is 4. The van der Waals surface area contributed by atoms with Crippen LogP contribution in [0.3, 0.4) is 0 Å². The van der Waals surface area contributed by atoms with E-state index in [0.29, 0.717) is 31.6 Å². The van der Waals surface area contributed by atoms with E-state index in [1.54, 1.807) is 0 Å². The molecule has 0 saturated heterocycles. The lowest BCUT2D eigenvalue weighted by molar-refractivity contribution is -0.161. The maximum absolute atomic E-state index is 13.0. The van der Waals surface area contributed by atoms with E-state index in [-0.39, 0.29) is 25.7 Å². The Morgan fingerprint density at radius 2 is 0.494 bits per heavy atom. The summed E-state index contributed by atoms with van der Waals surface area (Å²) < 4.78 is 68.0. The lowest BCUT2D eigenvalue weighted by Gasteiger charge is -2.21. The number of phosphoric acid groups is 2. The standard InChI is InChI=1S/C66H128O17P2/c1-56(2)42-34-26-18-12-10-9-11-13-21-30-38-46-63(68)76-53-62(83-66(71)49-41-33-25-24-29-37-45-59(7)8)55-81-85(74,75)79-51-60(67)50-78-84(72,73)80-54-61(82-65(70)48-40-32-23-17-15-20-28-36-44-58(5)6)52-77-64(69)47-39-31-22-16-14-19-27-35-43-57(3)4/h56-62,67H,9-55H2,1-8H3,(H,72,73)(H,74,75)/t60?,61-,62-/m1/s1. The van der Waals surface area contributed by atoms with Crippen molar-refractivity contribution in [3.63, 3.8) is 0 Å². The van der Waals surface area contributed by atoms with Gasteiger partial charge in [-0.15, -0.1) is 0 Å². The van der Waals surface area contributed by atoms with Gasteiger partial charge in [0.2, 0.25) is 0 Å². The van der Waals surface area contributed by atoms with Crippen molar-refractivity contribution < 1.29 is 80.2 Å². The van der Waals surface area contributed by atoms with Gasteiger partial charge in [-0.3, -0.25) is 37.3 Å². The van der Waals surface area contributed by atoms with Crippen molar-refractivity contribution in [3.8, 4) is 0 Å². The van der Waals surface area contributed by atoms with E-state index in [2.05, 4.69) is 55.4 Å². The molecule has 19 heteroatoms. The number of ether oxygens (including phenoxy) is 4. The first kappa shape index (κ1) is 83.1. The first-order valence-corrected chi connectivity index (χ1v) is 37.2. The molecule has 0 rings (SSSR count). The number of aliphatic hydroxyl groups is 1. The predicted molar refractivity (Wildman–Crippen MR) is 340 cm³/mol. The quantitative estimate of drug-likeness (QED) is 0.0222. The van der Waals surface area contributed by atoms with E-state index in [1.807, 2.05) is 0 Å². The monoisotopic (exact) mass is 1250 g/mol. The third kappa shape index (κ3) is 60.7. The minimum atomic E-state index is -4.95. The number of aliphatic hydroxyl groups excluding tert-OH is 1. The topological polar surface area (TPSA) is 237 Å². The van der Waals surface area contributed by atoms with Gasteiger partial charge >= 0.3 is 39.5 Å². The summed E-state index contributed by atoms with van der Waals surface area (Å²) in [6.07, 6.45) is 36.4. The fourth-order valence-corrected chi connectivity index (χ4v) is 11.4. The van der Waals surface area contributed by atoms with Crippen molar-refractivity contribution in [1.82, 2.24) is 0 Å². The Balaban J connectivity index is 5.22. The average molecular weight is 1260 g/mol. The largest absolute Gasteiger partial charge is 0.472 e. The zero-order valence-electron chi connectivity index (χ0n) is 55.2. The zero-order chi connectivity index (χ0) is 63.2. The van der Waals surface area contributed by atoms with E-state index in [9.17, 15) is 43.2 Å². The molecular weight excluding hydrogens is 1130 g/mol. The van der Waals surface area contributed by atoms with E-state index >= 15 is 0 Å². The summed E-state index contributed by atoms with van der Waals surface area (Å²) in [4.78, 5) is 72.3. The van der Waals surface area contributed by atoms with Crippen molar-refractivity contribution in [2.24, 2.45) is 23.7 Å². The molecular formula is C66H128O17P2. The molecule has 0 aliphatic heterocycles. The summed E-state index contributed by atoms with van der Waals surface area (Å²) >= 11 is 0. The van der Waals surface area contributed by atoms with Gasteiger partial charge in [0, 0.05) is 25.7 Å². The molecule has 0 aromatic carbocycles. The van der Waals surface area contributed by atoms with Gasteiger partial charge in [-0.05, 0) is 49.4 Å². The number of carbonyl (C=O) groups is 4. The highest BCUT2D eigenvalue weighted by Gasteiger charge is 2.30. The van der Waals surface area contributed by atoms with Crippen LogP contribution in [0, 0.1) is 23.7 Å². The molecule has 0 spiro atoms. The summed E-state index contributed by atoms with van der Waals surface area (Å²) in [6, 6.07) is 0. The average Bonchev–Trinajstić information content (AvgIpc) is 3.55. The minimum absolute atomic E-state index is 0.101. The molecule has 0 bridgehead atoms. The van der Waals surface area contributed by atoms with Crippen molar-refractivity contribution in [3.05, 3.63) is 0 Å². The first-order valence-electron chi connectivity index (χ1n) is 34.2. The number of unbranched alkanes of at least 4 members (excludes halogenated alkanes) is 29. The van der Waals surface area contributed by atoms with Gasteiger partial charge < -0.3 is 33.8 Å². The predicted octanol–water partition coefficient (Wildman–Crippen LogP) is 18.1. The van der Waals surface area contributed by atoms with Crippen LogP contribution in [0.4, 0.5) is 0 Å². The molecule has 0 saturated carbocycles. The maximum atomic E-state index is 13.0. The van der Waals surface area contributed by atoms with Crippen LogP contribution >= 0.6 is 15.6 Å². The number of rotatable bonds is 63. The highest BCUT2D eigenvalue weighted by atomic mass is 31.2. The van der Waals surface area contributed by atoms with Gasteiger partial charge in [-0.1, -0.05) is 267 Å². The molecule has 0 fully saturated rings. The fourth-order valence-electron chi connectivity index (χ4n) is 9.78. The van der Waals surface area contributed by atoms with Gasteiger partial charge in [0.25, 0.3) is 0 Å². The van der Waals surface area contributed by atoms with E-state index < -0.39 is 97.5 Å². The molecule has 0 aromatic rings. The molecule has 0 heterocycles. The Morgan fingerprint density at radius 3 is 0.729 bits per heavy atom. The van der Waals surface area contributed by atoms with Crippen LogP contribution in [0.15, 0.2) is 0 Å². The highest BCUT2D eigenvalue weighted by Crippen LogP contribution is 2.45. The molecule has 0 radical (unpaired) electrons. The summed E-state index contributed by atoms with van der Waals surface area (Å²) in [6.45, 7) is 13.9. The van der Waals surface area contributed by atoms with Gasteiger partial charge in [0.15, 0.2) is 12.2 Å². The molecule has 0 aliphatic rings. The molecule has 0 aliphatic carbocycles. The van der Waals surface area contributed by atoms with Crippen molar-refractivity contribution >= 4 is 39.5 Å². The van der Waals surface area contributed by atoms with Crippen LogP contribution < -0.4 is 0 Å². The second-order valence-electron chi connectivity index (χ2n) is 25.8. The lowest BCUT2D eigenvalue weighted by Crippen LogP contribution is -2.30. The Labute approximate surface area is 517 Å². The smallest absolute Gasteiger partial charge is 0.462 e.